The molecule has 0 saturated heterocycles. The lowest BCUT2D eigenvalue weighted by Crippen LogP contribution is -2.06. The van der Waals surface area contributed by atoms with Crippen molar-refractivity contribution in [3.8, 4) is 40.2 Å². The Labute approximate surface area is 124 Å². The second kappa shape index (κ2) is 5.50. The molecule has 9 nitrogen and oxygen atoms in total. The Morgan fingerprint density at radius 2 is 1.27 bits per heavy atom. The lowest BCUT2D eigenvalue weighted by atomic mass is 10.2. The maximum absolute atomic E-state index is 10.6. The highest BCUT2D eigenvalue weighted by Crippen LogP contribution is 2.43. The highest BCUT2D eigenvalue weighted by molar-refractivity contribution is 7.81. The van der Waals surface area contributed by atoms with Crippen molar-refractivity contribution >= 4 is 10.4 Å². The monoisotopic (exact) mass is 330 g/mol. The SMILES string of the molecule is O=S(=O)(O)Oc1cc(O)c(Oc2cc(O)cc(O)c2)c(O)c1. The Bertz CT molecular complexity index is 770. The van der Waals surface area contributed by atoms with E-state index in [2.05, 4.69) is 4.18 Å². The first kappa shape index (κ1) is 15.5. The second-order valence-electron chi connectivity index (χ2n) is 4.09. The van der Waals surface area contributed by atoms with Crippen LogP contribution in [0.5, 0.6) is 40.2 Å². The molecule has 2 aromatic rings. The van der Waals surface area contributed by atoms with Crippen LogP contribution in [0.3, 0.4) is 0 Å². The van der Waals surface area contributed by atoms with Gasteiger partial charge in [0.05, 0.1) is 0 Å². The summed E-state index contributed by atoms with van der Waals surface area (Å²) in [7, 11) is -4.82. The Hall–Kier alpha value is -2.85. The van der Waals surface area contributed by atoms with Gasteiger partial charge in [-0.25, -0.2) is 0 Å². The first-order chi connectivity index (χ1) is 10.1. The van der Waals surface area contributed by atoms with Crippen LogP contribution in [0.15, 0.2) is 30.3 Å². The van der Waals surface area contributed by atoms with Gasteiger partial charge in [0.15, 0.2) is 17.2 Å². The number of hydrogen-bond donors (Lipinski definition) is 5. The number of benzene rings is 2. The average Bonchev–Trinajstić information content (AvgIpc) is 2.30. The fourth-order valence-corrected chi connectivity index (χ4v) is 1.93. The molecule has 118 valence electrons. The predicted molar refractivity (Wildman–Crippen MR) is 71.8 cm³/mol. The van der Waals surface area contributed by atoms with Gasteiger partial charge in [-0.3, -0.25) is 4.55 Å². The molecular formula is C12H10O9S. The van der Waals surface area contributed by atoms with Crippen molar-refractivity contribution in [3.63, 3.8) is 0 Å². The summed E-state index contributed by atoms with van der Waals surface area (Å²) in [6.07, 6.45) is 0. The van der Waals surface area contributed by atoms with Crippen LogP contribution in [-0.4, -0.2) is 33.4 Å². The molecule has 0 atom stereocenters. The first-order valence-electron chi connectivity index (χ1n) is 5.58. The van der Waals surface area contributed by atoms with Crippen molar-refractivity contribution in [2.75, 3.05) is 0 Å². The van der Waals surface area contributed by atoms with Crippen molar-refractivity contribution in [1.29, 1.82) is 0 Å². The van der Waals surface area contributed by atoms with Crippen LogP contribution in [0.2, 0.25) is 0 Å². The van der Waals surface area contributed by atoms with Crippen LogP contribution < -0.4 is 8.92 Å². The zero-order valence-electron chi connectivity index (χ0n) is 10.7. The van der Waals surface area contributed by atoms with Gasteiger partial charge in [-0.15, -0.1) is 0 Å². The minimum atomic E-state index is -4.82. The van der Waals surface area contributed by atoms with E-state index in [-0.39, 0.29) is 17.2 Å². The largest absolute Gasteiger partial charge is 0.508 e. The summed E-state index contributed by atoms with van der Waals surface area (Å²) < 4.78 is 38.8. The fourth-order valence-electron chi connectivity index (χ4n) is 1.59. The summed E-state index contributed by atoms with van der Waals surface area (Å²) >= 11 is 0. The normalized spacial score (nSPS) is 11.1. The van der Waals surface area contributed by atoms with Gasteiger partial charge in [-0.05, 0) is 0 Å². The third-order valence-corrected chi connectivity index (χ3v) is 2.72. The smallest absolute Gasteiger partial charge is 0.446 e. The number of phenols is 4. The van der Waals surface area contributed by atoms with E-state index in [1.165, 1.54) is 0 Å². The van der Waals surface area contributed by atoms with Gasteiger partial charge >= 0.3 is 10.4 Å². The molecule has 0 aliphatic carbocycles. The molecule has 0 bridgehead atoms. The summed E-state index contributed by atoms with van der Waals surface area (Å²) in [5, 5.41) is 38.0. The van der Waals surface area contributed by atoms with Crippen LogP contribution in [0, 0.1) is 0 Å². The van der Waals surface area contributed by atoms with E-state index < -0.39 is 33.4 Å². The van der Waals surface area contributed by atoms with E-state index in [0.717, 1.165) is 30.3 Å². The van der Waals surface area contributed by atoms with E-state index in [0.29, 0.717) is 0 Å². The quantitative estimate of drug-likeness (QED) is 0.524. The zero-order valence-corrected chi connectivity index (χ0v) is 11.5. The molecule has 0 saturated carbocycles. The molecule has 0 amide bonds. The van der Waals surface area contributed by atoms with Crippen molar-refractivity contribution in [2.24, 2.45) is 0 Å². The van der Waals surface area contributed by atoms with Crippen LogP contribution in [0.1, 0.15) is 0 Å². The Morgan fingerprint density at radius 1 is 0.773 bits per heavy atom. The summed E-state index contributed by atoms with van der Waals surface area (Å²) in [6, 6.07) is 4.77. The second-order valence-corrected chi connectivity index (χ2v) is 5.11. The summed E-state index contributed by atoms with van der Waals surface area (Å²) in [4.78, 5) is 0. The van der Waals surface area contributed by atoms with Crippen LogP contribution in [0.4, 0.5) is 0 Å². The summed E-state index contributed by atoms with van der Waals surface area (Å²) in [5.74, 6) is -3.19. The highest BCUT2D eigenvalue weighted by Gasteiger charge is 2.17. The molecule has 0 aromatic heterocycles. The molecule has 0 radical (unpaired) electrons. The molecule has 2 aromatic carbocycles. The molecule has 0 aliphatic rings. The van der Waals surface area contributed by atoms with Gasteiger partial charge in [0, 0.05) is 30.3 Å². The van der Waals surface area contributed by atoms with Crippen molar-refractivity contribution in [1.82, 2.24) is 0 Å². The molecule has 0 spiro atoms. The van der Waals surface area contributed by atoms with Crippen LogP contribution in [0.25, 0.3) is 0 Å². The maximum atomic E-state index is 10.6. The molecule has 2 rings (SSSR count). The lowest BCUT2D eigenvalue weighted by Gasteiger charge is -2.11. The minimum Gasteiger partial charge on any atom is -0.508 e. The third kappa shape index (κ3) is 3.84. The Morgan fingerprint density at radius 3 is 1.73 bits per heavy atom. The molecule has 5 N–H and O–H groups in total. The van der Waals surface area contributed by atoms with Crippen molar-refractivity contribution < 1.29 is 42.3 Å². The van der Waals surface area contributed by atoms with E-state index in [9.17, 15) is 28.8 Å². The zero-order chi connectivity index (χ0) is 16.5. The molecule has 0 unspecified atom stereocenters. The summed E-state index contributed by atoms with van der Waals surface area (Å²) in [6.45, 7) is 0. The minimum absolute atomic E-state index is 0.105. The van der Waals surface area contributed by atoms with Crippen molar-refractivity contribution in [2.45, 2.75) is 0 Å². The Kier molecular flexibility index (Phi) is 3.89. The number of ether oxygens (including phenoxy) is 1. The Balaban J connectivity index is 2.36. The molecule has 22 heavy (non-hydrogen) atoms. The first-order valence-corrected chi connectivity index (χ1v) is 6.94. The molecule has 0 aliphatic heterocycles. The predicted octanol–water partition coefficient (Wildman–Crippen LogP) is 1.48. The molecular weight excluding hydrogens is 320 g/mol. The van der Waals surface area contributed by atoms with Crippen molar-refractivity contribution in [3.05, 3.63) is 30.3 Å². The van der Waals surface area contributed by atoms with Gasteiger partial charge in [0.25, 0.3) is 0 Å². The van der Waals surface area contributed by atoms with Gasteiger partial charge in [0.1, 0.15) is 17.2 Å². The number of aromatic hydroxyl groups is 4. The molecule has 0 heterocycles. The fraction of sp³-hybridized carbons (Fsp3) is 0. The third-order valence-electron chi connectivity index (χ3n) is 2.32. The van der Waals surface area contributed by atoms with E-state index in [1.807, 2.05) is 0 Å². The van der Waals surface area contributed by atoms with Gasteiger partial charge < -0.3 is 29.3 Å². The highest BCUT2D eigenvalue weighted by atomic mass is 32.3. The number of rotatable bonds is 4. The van der Waals surface area contributed by atoms with Crippen LogP contribution in [-0.2, 0) is 10.4 Å². The number of phenolic OH excluding ortho intramolecular Hbond substituents is 4. The molecule has 0 fully saturated rings. The van der Waals surface area contributed by atoms with Crippen LogP contribution >= 0.6 is 0 Å². The summed E-state index contributed by atoms with van der Waals surface area (Å²) in [5.41, 5.74) is 0. The lowest BCUT2D eigenvalue weighted by molar-refractivity contribution is 0.361. The van der Waals surface area contributed by atoms with E-state index in [1.54, 1.807) is 0 Å². The average molecular weight is 330 g/mol. The number of hydrogen-bond acceptors (Lipinski definition) is 8. The maximum Gasteiger partial charge on any atom is 0.446 e. The van der Waals surface area contributed by atoms with E-state index >= 15 is 0 Å². The molecule has 10 heteroatoms. The van der Waals surface area contributed by atoms with Gasteiger partial charge in [0.2, 0.25) is 5.75 Å². The standard InChI is InChI=1S/C12H10O9S/c13-6-1-7(14)3-8(2-6)20-12-10(15)4-9(5-11(12)16)21-22(17,18)19/h1-5,13-16H,(H,17,18,19). The van der Waals surface area contributed by atoms with Gasteiger partial charge in [-0.1, -0.05) is 0 Å². The van der Waals surface area contributed by atoms with E-state index in [4.69, 9.17) is 9.29 Å². The topological polar surface area (TPSA) is 154 Å². The van der Waals surface area contributed by atoms with Gasteiger partial charge in [-0.2, -0.15) is 8.42 Å².